The molecular weight excluding hydrogens is 526 g/mol. The maximum absolute atomic E-state index is 12.9. The third kappa shape index (κ3) is 11.0. The summed E-state index contributed by atoms with van der Waals surface area (Å²) in [5, 5.41) is 2.62. The minimum atomic E-state index is -2.95. The lowest BCUT2D eigenvalue weighted by molar-refractivity contribution is -0.257. The van der Waals surface area contributed by atoms with Gasteiger partial charge in [-0.1, -0.05) is 0 Å². The molecule has 1 N–H and O–H groups in total. The minimum absolute atomic E-state index is 0.00509. The van der Waals surface area contributed by atoms with Crippen molar-refractivity contribution in [2.24, 2.45) is 0 Å². The molecule has 0 aromatic carbocycles. The Morgan fingerprint density at radius 1 is 0.789 bits per heavy atom. The number of nitrogens with one attached hydrogen (secondary N) is 1. The van der Waals surface area contributed by atoms with Crippen LogP contribution in [0.3, 0.4) is 0 Å². The highest BCUT2D eigenvalue weighted by atomic mass is 28.4. The predicted octanol–water partition coefficient (Wildman–Crippen LogP) is 0.624. The molecule has 14 nitrogen and oxygen atoms in total. The summed E-state index contributed by atoms with van der Waals surface area (Å²) in [7, 11) is -1.45. The summed E-state index contributed by atoms with van der Waals surface area (Å²) in [5.74, 6) is -3.41. The van der Waals surface area contributed by atoms with Crippen LogP contribution in [0.15, 0.2) is 0 Å². The zero-order chi connectivity index (χ0) is 28.9. The van der Waals surface area contributed by atoms with Crippen molar-refractivity contribution in [3.05, 3.63) is 0 Å². The van der Waals surface area contributed by atoms with Gasteiger partial charge in [-0.15, -0.1) is 0 Å². The molecule has 1 rings (SSSR count). The van der Waals surface area contributed by atoms with Gasteiger partial charge in [-0.3, -0.25) is 24.0 Å². The maximum atomic E-state index is 12.9. The van der Waals surface area contributed by atoms with Crippen LogP contribution in [0.2, 0.25) is 6.04 Å². The Hall–Kier alpha value is -2.59. The molecule has 0 bridgehead atoms. The number of hydrogen-bond acceptors (Lipinski definition) is 13. The van der Waals surface area contributed by atoms with Gasteiger partial charge in [0.05, 0.1) is 0 Å². The molecule has 2 unspecified atom stereocenters. The van der Waals surface area contributed by atoms with Crippen LogP contribution in [0.4, 0.5) is 0 Å². The zero-order valence-corrected chi connectivity index (χ0v) is 23.9. The smallest absolute Gasteiger partial charge is 0.463 e. The van der Waals surface area contributed by atoms with Crippen molar-refractivity contribution < 1.29 is 60.9 Å². The average Bonchev–Trinajstić information content (AvgIpc) is 2.81. The first-order valence-corrected chi connectivity index (χ1v) is 14.2. The van der Waals surface area contributed by atoms with E-state index >= 15 is 0 Å². The van der Waals surface area contributed by atoms with Crippen molar-refractivity contribution in [1.29, 1.82) is 0 Å². The van der Waals surface area contributed by atoms with Gasteiger partial charge in [-0.25, -0.2) is 0 Å². The van der Waals surface area contributed by atoms with E-state index in [1.165, 1.54) is 14.0 Å². The Kier molecular flexibility index (Phi) is 14.4. The van der Waals surface area contributed by atoms with Crippen LogP contribution in [0, 0.1) is 0 Å². The fraction of sp³-hybridized carbons (Fsp3) is 0.783. The second-order valence-electron chi connectivity index (χ2n) is 8.29. The van der Waals surface area contributed by atoms with Crippen LogP contribution in [0.5, 0.6) is 0 Å². The molecule has 15 heteroatoms. The van der Waals surface area contributed by atoms with Gasteiger partial charge in [0.2, 0.25) is 5.91 Å². The van der Waals surface area contributed by atoms with Gasteiger partial charge in [0.25, 0.3) is 0 Å². The quantitative estimate of drug-likeness (QED) is 0.167. The Bertz CT molecular complexity index is 817. The molecular formula is C23H39NO13Si. The Balaban J connectivity index is 3.15. The normalized spacial score (nSPS) is 23.2. The summed E-state index contributed by atoms with van der Waals surface area (Å²) < 4.78 is 43.8. The molecule has 1 amide bonds. The summed E-state index contributed by atoms with van der Waals surface area (Å²) in [6.07, 6.45) is -6.19. The molecule has 0 saturated carbocycles. The van der Waals surface area contributed by atoms with Crippen LogP contribution in [-0.4, -0.2) is 96.2 Å². The molecule has 1 aliphatic heterocycles. The predicted molar refractivity (Wildman–Crippen MR) is 130 cm³/mol. The summed E-state index contributed by atoms with van der Waals surface area (Å²) in [6.45, 7) is 8.53. The number of rotatable bonds is 15. The molecule has 1 saturated heterocycles. The van der Waals surface area contributed by atoms with Crippen molar-refractivity contribution >= 4 is 38.6 Å². The highest BCUT2D eigenvalue weighted by molar-refractivity contribution is 6.60. The second-order valence-corrected chi connectivity index (χ2v) is 11.1. The van der Waals surface area contributed by atoms with Crippen LogP contribution >= 0.6 is 0 Å². The van der Waals surface area contributed by atoms with Crippen molar-refractivity contribution in [2.45, 2.75) is 91.1 Å². The van der Waals surface area contributed by atoms with Gasteiger partial charge < -0.3 is 42.3 Å². The van der Waals surface area contributed by atoms with Gasteiger partial charge >= 0.3 is 32.7 Å². The van der Waals surface area contributed by atoms with E-state index in [1.807, 2.05) is 13.8 Å². The summed E-state index contributed by atoms with van der Waals surface area (Å²) in [6, 6.07) is 0.372. The monoisotopic (exact) mass is 565 g/mol. The first-order valence-electron chi connectivity index (χ1n) is 12.3. The van der Waals surface area contributed by atoms with E-state index in [2.05, 4.69) is 5.32 Å². The lowest BCUT2D eigenvalue weighted by Gasteiger charge is -2.44. The summed E-state index contributed by atoms with van der Waals surface area (Å²) >= 11 is 0. The van der Waals surface area contributed by atoms with E-state index < -0.39 is 75.8 Å². The Labute approximate surface area is 223 Å². The van der Waals surface area contributed by atoms with Crippen LogP contribution in [0.25, 0.3) is 0 Å². The molecule has 0 radical (unpaired) electrons. The largest absolute Gasteiger partial charge is 0.500 e. The topological polar surface area (TPSA) is 171 Å². The standard InChI is InChI=1S/C23H39NO13Si/c1-8-32-38(30-7,33-9-2)12-10-11-19(29)24-23-22(36-17(6)28)21(35-16(5)27)20(34-15(4)26)18(37-23)13-31-14(3)25/h18,20-23H,8-13H2,1-7H3,(H,24,29)/t18?,20-,21+,22?,23-/m1/s1. The van der Waals surface area contributed by atoms with Gasteiger partial charge in [0.15, 0.2) is 24.5 Å². The van der Waals surface area contributed by atoms with Crippen molar-refractivity contribution in [3.63, 3.8) is 0 Å². The minimum Gasteiger partial charge on any atom is -0.463 e. The maximum Gasteiger partial charge on any atom is 0.500 e. The van der Waals surface area contributed by atoms with Crippen molar-refractivity contribution in [1.82, 2.24) is 5.32 Å². The molecule has 0 spiro atoms. The van der Waals surface area contributed by atoms with Crippen molar-refractivity contribution in [3.8, 4) is 0 Å². The van der Waals surface area contributed by atoms with E-state index in [-0.39, 0.29) is 6.42 Å². The lowest BCUT2D eigenvalue weighted by Crippen LogP contribution is -2.66. The molecule has 0 aromatic rings. The number of amides is 1. The molecule has 1 heterocycles. The summed E-state index contributed by atoms with van der Waals surface area (Å²) in [4.78, 5) is 59.9. The first-order chi connectivity index (χ1) is 17.9. The van der Waals surface area contributed by atoms with Gasteiger partial charge in [0, 0.05) is 60.5 Å². The average molecular weight is 566 g/mol. The SMILES string of the molecule is CCO[Si](CCCC(=O)N[C@@H]1OC(COC(C)=O)[C@@H](OC(C)=O)[C@H](OC(C)=O)C1OC(C)=O)(OC)OCC. The highest BCUT2D eigenvalue weighted by Gasteiger charge is 2.52. The molecule has 38 heavy (non-hydrogen) atoms. The number of hydrogen-bond donors (Lipinski definition) is 1. The van der Waals surface area contributed by atoms with E-state index in [4.69, 9.17) is 37.0 Å². The van der Waals surface area contributed by atoms with Crippen LogP contribution < -0.4 is 5.32 Å². The van der Waals surface area contributed by atoms with E-state index in [9.17, 15) is 24.0 Å². The van der Waals surface area contributed by atoms with E-state index in [0.717, 1.165) is 20.8 Å². The van der Waals surface area contributed by atoms with Gasteiger partial charge in [-0.2, -0.15) is 0 Å². The number of esters is 4. The Morgan fingerprint density at radius 3 is 1.79 bits per heavy atom. The number of carbonyl (C=O) groups is 5. The highest BCUT2D eigenvalue weighted by Crippen LogP contribution is 2.28. The van der Waals surface area contributed by atoms with E-state index in [0.29, 0.717) is 25.7 Å². The molecule has 0 aromatic heterocycles. The van der Waals surface area contributed by atoms with E-state index in [1.54, 1.807) is 0 Å². The first kappa shape index (κ1) is 33.4. The number of carbonyl (C=O) groups excluding carboxylic acids is 5. The zero-order valence-electron chi connectivity index (χ0n) is 22.9. The third-order valence-corrected chi connectivity index (χ3v) is 8.27. The van der Waals surface area contributed by atoms with Gasteiger partial charge in [0.1, 0.15) is 12.7 Å². The third-order valence-electron chi connectivity index (χ3n) is 5.22. The molecule has 0 aliphatic carbocycles. The molecule has 218 valence electrons. The molecule has 5 atom stereocenters. The molecule has 1 aliphatic rings. The Morgan fingerprint density at radius 2 is 1.32 bits per heavy atom. The second kappa shape index (κ2) is 16.4. The molecule has 1 fully saturated rings. The van der Waals surface area contributed by atoms with Crippen LogP contribution in [-0.2, 0) is 60.9 Å². The number of ether oxygens (including phenoxy) is 5. The van der Waals surface area contributed by atoms with Crippen LogP contribution in [0.1, 0.15) is 54.4 Å². The fourth-order valence-electron chi connectivity index (χ4n) is 3.89. The van der Waals surface area contributed by atoms with Gasteiger partial charge in [-0.05, 0) is 20.3 Å². The summed E-state index contributed by atoms with van der Waals surface area (Å²) in [5.41, 5.74) is 0. The van der Waals surface area contributed by atoms with Crippen molar-refractivity contribution in [2.75, 3.05) is 26.9 Å². The fourth-order valence-corrected chi connectivity index (χ4v) is 6.19. The lowest BCUT2D eigenvalue weighted by atomic mass is 9.97.